The van der Waals surface area contributed by atoms with Crippen molar-refractivity contribution in [1.82, 2.24) is 29.9 Å². The van der Waals surface area contributed by atoms with Crippen molar-refractivity contribution in [2.24, 2.45) is 5.92 Å². The molecular weight excluding hydrogens is 729 g/mol. The van der Waals surface area contributed by atoms with Crippen LogP contribution in [0, 0.1) is 5.92 Å². The number of aromatic amines is 1. The fraction of sp³-hybridized carbons (Fsp3) is 0.381. The molecule has 56 heavy (non-hydrogen) atoms. The molecule has 13 nitrogen and oxygen atoms in total. The third-order valence-electron chi connectivity index (χ3n) is 8.90. The number of hydrogen-bond donors (Lipinski definition) is 5. The van der Waals surface area contributed by atoms with E-state index in [4.69, 9.17) is 14.8 Å². The van der Waals surface area contributed by atoms with E-state index in [1.54, 1.807) is 34.9 Å². The molecule has 4 rings (SSSR count). The van der Waals surface area contributed by atoms with Crippen LogP contribution in [0.4, 0.5) is 5.95 Å². The Morgan fingerprint density at radius 1 is 0.982 bits per heavy atom. The molecule has 1 aromatic carbocycles. The van der Waals surface area contributed by atoms with Crippen molar-refractivity contribution in [2.45, 2.75) is 76.9 Å². The number of nitrogens with two attached hydrogens (primary N) is 1. The van der Waals surface area contributed by atoms with Crippen molar-refractivity contribution in [3.63, 3.8) is 0 Å². The second-order valence-electron chi connectivity index (χ2n) is 13.2. The van der Waals surface area contributed by atoms with E-state index in [0.717, 1.165) is 38.5 Å². The first-order chi connectivity index (χ1) is 27.2. The molecule has 4 unspecified atom stereocenters. The number of aliphatic hydroxyl groups excluding tert-OH is 1. The average Bonchev–Trinajstić information content (AvgIpc) is 3.72. The third kappa shape index (κ3) is 14.5. The largest absolute Gasteiger partial charge is 0.458 e. The number of carbonyl (C=O) groups excluding carboxylic acids is 1. The van der Waals surface area contributed by atoms with Crippen LogP contribution in [-0.2, 0) is 13.9 Å². The van der Waals surface area contributed by atoms with Crippen molar-refractivity contribution < 1.29 is 23.5 Å². The number of aromatic nitrogens is 4. The SMILES string of the molecule is C=C1C(COP(=O)(NCCNC(=O)CCC=CCC=CCC=CCC=CCC=CCC=CCC)Oc2ccccc2)C(O)CC1n1cnc2c(=O)[nH]c(N)nc21. The number of nitrogens with zero attached hydrogens (tertiary/aromatic N) is 3. The summed E-state index contributed by atoms with van der Waals surface area (Å²) >= 11 is 0. The highest BCUT2D eigenvalue weighted by molar-refractivity contribution is 7.52. The van der Waals surface area contributed by atoms with E-state index >= 15 is 0 Å². The molecular formula is C42H56N7O6P. The standard InChI is InChI=1S/C42H56N7O6P/c1-3-4-5-6-7-8-9-10-11-12-13-14-15-16-17-18-19-20-24-27-38(51)44-28-29-46-56(53,55-34-25-22-21-23-26-34)54-31-35-33(2)36(30-37(35)50)49-32-45-39-40(49)47-42(43)48-41(39)52/h4-5,7-8,10-11,13-14,16-17,19-23,25-26,32,35-37,50H,2-3,6,9,12,15,18,24,27-31H2,1H3,(H,44,51)(H,46,53)(H3,43,47,48,52). The van der Waals surface area contributed by atoms with Crippen molar-refractivity contribution in [3.8, 4) is 5.75 Å². The Balaban J connectivity index is 1.15. The first kappa shape index (κ1) is 43.7. The molecule has 1 aliphatic carbocycles. The molecule has 2 heterocycles. The number of fused-ring (bicyclic) bond motifs is 1. The first-order valence-corrected chi connectivity index (χ1v) is 20.7. The number of allylic oxidation sites excluding steroid dienone is 12. The highest BCUT2D eigenvalue weighted by Gasteiger charge is 2.40. The molecule has 6 N–H and O–H groups in total. The summed E-state index contributed by atoms with van der Waals surface area (Å²) in [6.45, 7) is 6.45. The predicted octanol–water partition coefficient (Wildman–Crippen LogP) is 7.57. The molecule has 1 fully saturated rings. The van der Waals surface area contributed by atoms with Crippen LogP contribution < -0.4 is 26.2 Å². The third-order valence-corrected chi connectivity index (χ3v) is 10.5. The molecule has 2 aromatic heterocycles. The van der Waals surface area contributed by atoms with Gasteiger partial charge in [0.2, 0.25) is 11.9 Å². The molecule has 1 aliphatic rings. The monoisotopic (exact) mass is 785 g/mol. The summed E-state index contributed by atoms with van der Waals surface area (Å²) in [5.74, 6) is -0.474. The van der Waals surface area contributed by atoms with Gasteiger partial charge in [0.25, 0.3) is 5.56 Å². The van der Waals surface area contributed by atoms with Crippen LogP contribution >= 0.6 is 7.75 Å². The van der Waals surface area contributed by atoms with Crippen LogP contribution in [0.2, 0.25) is 0 Å². The number of amides is 1. The van der Waals surface area contributed by atoms with E-state index in [2.05, 4.69) is 99.6 Å². The van der Waals surface area contributed by atoms with Crippen LogP contribution in [0.3, 0.4) is 0 Å². The number of benzene rings is 1. The Bertz CT molecular complexity index is 1980. The minimum absolute atomic E-state index is 0.0561. The Hall–Kier alpha value is -5.07. The Kier molecular flexibility index (Phi) is 18.5. The molecule has 0 radical (unpaired) electrons. The van der Waals surface area contributed by atoms with E-state index in [-0.39, 0.29) is 49.1 Å². The molecule has 0 bridgehead atoms. The summed E-state index contributed by atoms with van der Waals surface area (Å²) in [6, 6.07) is 8.13. The van der Waals surface area contributed by atoms with Gasteiger partial charge >= 0.3 is 7.75 Å². The number of imidazole rings is 1. The highest BCUT2D eigenvalue weighted by atomic mass is 31.2. The fourth-order valence-corrected chi connectivity index (χ4v) is 7.31. The number of hydrogen-bond acceptors (Lipinski definition) is 9. The van der Waals surface area contributed by atoms with Gasteiger partial charge < -0.3 is 25.2 Å². The van der Waals surface area contributed by atoms with Crippen LogP contribution in [0.5, 0.6) is 5.75 Å². The molecule has 0 aliphatic heterocycles. The van der Waals surface area contributed by atoms with E-state index in [1.807, 2.05) is 12.2 Å². The zero-order valence-corrected chi connectivity index (χ0v) is 33.1. The van der Waals surface area contributed by atoms with Crippen molar-refractivity contribution in [2.75, 3.05) is 25.4 Å². The van der Waals surface area contributed by atoms with Gasteiger partial charge in [-0.1, -0.05) is 105 Å². The number of nitrogens with one attached hydrogen (secondary N) is 3. The summed E-state index contributed by atoms with van der Waals surface area (Å²) in [5, 5.41) is 16.7. The van der Waals surface area contributed by atoms with Crippen LogP contribution in [0.1, 0.15) is 70.8 Å². The lowest BCUT2D eigenvalue weighted by molar-refractivity contribution is -0.120. The van der Waals surface area contributed by atoms with E-state index < -0.39 is 31.4 Å². The maximum absolute atomic E-state index is 13.9. The zero-order chi connectivity index (χ0) is 40.0. The second kappa shape index (κ2) is 23.8. The van der Waals surface area contributed by atoms with E-state index in [1.165, 1.54) is 6.33 Å². The quantitative estimate of drug-likeness (QED) is 0.0345. The zero-order valence-electron chi connectivity index (χ0n) is 32.2. The van der Waals surface area contributed by atoms with Gasteiger partial charge in [0, 0.05) is 25.4 Å². The van der Waals surface area contributed by atoms with Crippen molar-refractivity contribution in [1.29, 1.82) is 0 Å². The molecule has 0 saturated heterocycles. The lowest BCUT2D eigenvalue weighted by Gasteiger charge is -2.23. The van der Waals surface area contributed by atoms with Crippen LogP contribution in [0.15, 0.2) is 127 Å². The first-order valence-electron chi connectivity index (χ1n) is 19.2. The molecule has 1 amide bonds. The maximum atomic E-state index is 13.9. The van der Waals surface area contributed by atoms with Gasteiger partial charge in [0.1, 0.15) is 5.75 Å². The van der Waals surface area contributed by atoms with Gasteiger partial charge in [-0.2, -0.15) is 4.98 Å². The number of aliphatic hydroxyl groups is 1. The number of rotatable bonds is 24. The summed E-state index contributed by atoms with van der Waals surface area (Å²) in [6.07, 6.45) is 33.1. The number of H-pyrrole nitrogens is 1. The second-order valence-corrected chi connectivity index (χ2v) is 14.9. The van der Waals surface area contributed by atoms with Gasteiger partial charge in [-0.25, -0.2) is 14.6 Å². The summed E-state index contributed by atoms with van der Waals surface area (Å²) in [5.41, 5.74) is 6.26. The molecule has 1 saturated carbocycles. The van der Waals surface area contributed by atoms with Gasteiger partial charge in [-0.15, -0.1) is 0 Å². The van der Waals surface area contributed by atoms with Crippen molar-refractivity contribution in [3.05, 3.63) is 132 Å². The number of nitrogen functional groups attached to an aromatic ring is 1. The predicted molar refractivity (Wildman–Crippen MR) is 224 cm³/mol. The lowest BCUT2D eigenvalue weighted by atomic mass is 10.0. The summed E-state index contributed by atoms with van der Waals surface area (Å²) in [4.78, 5) is 35.5. The van der Waals surface area contributed by atoms with E-state index in [0.29, 0.717) is 24.2 Å². The fourth-order valence-electron chi connectivity index (χ4n) is 5.96. The van der Waals surface area contributed by atoms with Crippen LogP contribution in [-0.4, -0.2) is 56.3 Å². The van der Waals surface area contributed by atoms with Gasteiger partial charge in [0.15, 0.2) is 11.2 Å². The Morgan fingerprint density at radius 3 is 2.21 bits per heavy atom. The van der Waals surface area contributed by atoms with Gasteiger partial charge in [0.05, 0.1) is 25.1 Å². The number of anilines is 1. The van der Waals surface area contributed by atoms with E-state index in [9.17, 15) is 19.3 Å². The smallest absolute Gasteiger partial charge is 0.413 e. The summed E-state index contributed by atoms with van der Waals surface area (Å²) in [7, 11) is -3.97. The minimum atomic E-state index is -3.97. The maximum Gasteiger partial charge on any atom is 0.458 e. The average molecular weight is 786 g/mol. The van der Waals surface area contributed by atoms with Crippen LogP contribution in [0.25, 0.3) is 11.2 Å². The number of carbonyl (C=O) groups is 1. The summed E-state index contributed by atoms with van der Waals surface area (Å²) < 4.78 is 27.3. The van der Waals surface area contributed by atoms with Gasteiger partial charge in [-0.05, 0) is 69.1 Å². The molecule has 0 spiro atoms. The highest BCUT2D eigenvalue weighted by Crippen LogP contribution is 2.47. The lowest BCUT2D eigenvalue weighted by Crippen LogP contribution is -2.32. The molecule has 4 atom stereocenters. The van der Waals surface area contributed by atoms with Crippen molar-refractivity contribution >= 4 is 30.8 Å². The Morgan fingerprint density at radius 2 is 1.59 bits per heavy atom. The molecule has 3 aromatic rings. The molecule has 14 heteroatoms. The van der Waals surface area contributed by atoms with Gasteiger partial charge in [-0.3, -0.25) is 19.1 Å². The molecule has 300 valence electrons. The topological polar surface area (TPSA) is 186 Å². The minimum Gasteiger partial charge on any atom is -0.413 e. The normalized spacial score (nSPS) is 18.9. The number of para-hydroxylation sites is 1. The Labute approximate surface area is 329 Å².